The SMILES string of the molecule is CC(C)CN(CC1CCCN1)S(=O)(=O)N(C)C(C)C. The summed E-state index contributed by atoms with van der Waals surface area (Å²) in [4.78, 5) is 0. The van der Waals surface area contributed by atoms with E-state index in [2.05, 4.69) is 19.2 Å². The van der Waals surface area contributed by atoms with Crippen LogP contribution in [-0.4, -0.2) is 55.8 Å². The molecule has 1 N–H and O–H groups in total. The summed E-state index contributed by atoms with van der Waals surface area (Å²) in [6.45, 7) is 10.1. The van der Waals surface area contributed by atoms with Gasteiger partial charge in [-0.15, -0.1) is 0 Å². The molecule has 1 aliphatic rings. The standard InChI is InChI=1S/C13H29N3O2S/c1-11(2)9-16(10-13-7-6-8-14-13)19(17,18)15(5)12(3)4/h11-14H,6-10H2,1-5H3. The Morgan fingerprint density at radius 1 is 1.26 bits per heavy atom. The summed E-state index contributed by atoms with van der Waals surface area (Å²) in [5, 5.41) is 3.38. The highest BCUT2D eigenvalue weighted by atomic mass is 32.2. The van der Waals surface area contributed by atoms with Crippen molar-refractivity contribution in [3.63, 3.8) is 0 Å². The second kappa shape index (κ2) is 7.02. The Labute approximate surface area is 118 Å². The third-order valence-corrected chi connectivity index (χ3v) is 5.67. The van der Waals surface area contributed by atoms with Crippen molar-refractivity contribution in [2.24, 2.45) is 5.92 Å². The van der Waals surface area contributed by atoms with E-state index in [1.807, 2.05) is 13.8 Å². The monoisotopic (exact) mass is 291 g/mol. The highest BCUT2D eigenvalue weighted by Gasteiger charge is 2.31. The van der Waals surface area contributed by atoms with Gasteiger partial charge in [-0.05, 0) is 39.2 Å². The van der Waals surface area contributed by atoms with Crippen LogP contribution in [0.5, 0.6) is 0 Å². The first-order valence-corrected chi connectivity index (χ1v) is 8.61. The van der Waals surface area contributed by atoms with Crippen LogP contribution in [0.3, 0.4) is 0 Å². The predicted octanol–water partition coefficient (Wildman–Crippen LogP) is 1.28. The van der Waals surface area contributed by atoms with Gasteiger partial charge < -0.3 is 5.32 Å². The minimum Gasteiger partial charge on any atom is -0.313 e. The van der Waals surface area contributed by atoms with Crippen molar-refractivity contribution in [3.05, 3.63) is 0 Å². The van der Waals surface area contributed by atoms with Crippen LogP contribution in [0.15, 0.2) is 0 Å². The summed E-state index contributed by atoms with van der Waals surface area (Å²) in [7, 11) is -1.69. The lowest BCUT2D eigenvalue weighted by Gasteiger charge is -2.32. The Morgan fingerprint density at radius 3 is 2.32 bits per heavy atom. The van der Waals surface area contributed by atoms with E-state index < -0.39 is 10.2 Å². The van der Waals surface area contributed by atoms with E-state index in [9.17, 15) is 8.42 Å². The van der Waals surface area contributed by atoms with Crippen LogP contribution >= 0.6 is 0 Å². The average Bonchev–Trinajstić information content (AvgIpc) is 2.79. The van der Waals surface area contributed by atoms with Gasteiger partial charge in [0.05, 0.1) is 0 Å². The van der Waals surface area contributed by atoms with E-state index in [1.165, 1.54) is 4.31 Å². The summed E-state index contributed by atoms with van der Waals surface area (Å²) in [5.41, 5.74) is 0. The second-order valence-corrected chi connectivity index (χ2v) is 8.11. The fourth-order valence-corrected chi connectivity index (χ4v) is 4.03. The summed E-state index contributed by atoms with van der Waals surface area (Å²) >= 11 is 0. The molecule has 114 valence electrons. The molecule has 1 unspecified atom stereocenters. The van der Waals surface area contributed by atoms with E-state index in [1.54, 1.807) is 11.4 Å². The van der Waals surface area contributed by atoms with Gasteiger partial charge in [0.25, 0.3) is 10.2 Å². The molecule has 5 nitrogen and oxygen atoms in total. The summed E-state index contributed by atoms with van der Waals surface area (Å²) in [6.07, 6.45) is 2.20. The van der Waals surface area contributed by atoms with Crippen LogP contribution in [0.2, 0.25) is 0 Å². The molecule has 0 aliphatic carbocycles. The van der Waals surface area contributed by atoms with Crippen molar-refractivity contribution in [1.82, 2.24) is 13.9 Å². The van der Waals surface area contributed by atoms with Gasteiger partial charge in [-0.1, -0.05) is 13.8 Å². The fraction of sp³-hybridized carbons (Fsp3) is 1.00. The molecule has 1 aliphatic heterocycles. The van der Waals surface area contributed by atoms with Crippen molar-refractivity contribution in [2.75, 3.05) is 26.7 Å². The molecule has 0 radical (unpaired) electrons. The number of nitrogens with zero attached hydrogens (tertiary/aromatic N) is 2. The molecule has 1 saturated heterocycles. The van der Waals surface area contributed by atoms with E-state index in [0.717, 1.165) is 19.4 Å². The van der Waals surface area contributed by atoms with Gasteiger partial charge in [0.1, 0.15) is 0 Å². The first-order chi connectivity index (χ1) is 8.75. The van der Waals surface area contributed by atoms with Crippen LogP contribution in [0.4, 0.5) is 0 Å². The maximum atomic E-state index is 12.6. The molecule has 0 aromatic heterocycles. The van der Waals surface area contributed by atoms with Crippen molar-refractivity contribution in [1.29, 1.82) is 0 Å². The smallest absolute Gasteiger partial charge is 0.282 e. The molecule has 19 heavy (non-hydrogen) atoms. The van der Waals surface area contributed by atoms with Crippen LogP contribution in [0.25, 0.3) is 0 Å². The number of hydrogen-bond acceptors (Lipinski definition) is 3. The number of nitrogens with one attached hydrogen (secondary N) is 1. The van der Waals surface area contributed by atoms with E-state index in [0.29, 0.717) is 25.0 Å². The van der Waals surface area contributed by atoms with Gasteiger partial charge in [0.15, 0.2) is 0 Å². The van der Waals surface area contributed by atoms with Crippen molar-refractivity contribution in [2.45, 2.75) is 52.6 Å². The average molecular weight is 291 g/mol. The predicted molar refractivity (Wildman–Crippen MR) is 79.3 cm³/mol. The Bertz CT molecular complexity index is 362. The van der Waals surface area contributed by atoms with Gasteiger partial charge in [-0.2, -0.15) is 17.0 Å². The van der Waals surface area contributed by atoms with E-state index >= 15 is 0 Å². The Balaban J connectivity index is 2.82. The molecule has 1 heterocycles. The molecule has 1 rings (SSSR count). The van der Waals surface area contributed by atoms with Gasteiger partial charge in [0, 0.05) is 32.2 Å². The molecule has 0 aromatic rings. The highest BCUT2D eigenvalue weighted by molar-refractivity contribution is 7.86. The molecule has 0 spiro atoms. The molecule has 0 aromatic carbocycles. The van der Waals surface area contributed by atoms with Gasteiger partial charge in [-0.25, -0.2) is 0 Å². The third-order valence-electron chi connectivity index (χ3n) is 3.57. The Kier molecular flexibility index (Phi) is 6.23. The number of rotatable bonds is 7. The maximum absolute atomic E-state index is 12.6. The maximum Gasteiger partial charge on any atom is 0.282 e. The first kappa shape index (κ1) is 16.9. The lowest BCUT2D eigenvalue weighted by molar-refractivity contribution is 0.296. The minimum absolute atomic E-state index is 0.0174. The van der Waals surface area contributed by atoms with Gasteiger partial charge in [0.2, 0.25) is 0 Å². The van der Waals surface area contributed by atoms with Crippen molar-refractivity contribution in [3.8, 4) is 0 Å². The van der Waals surface area contributed by atoms with Crippen LogP contribution in [0.1, 0.15) is 40.5 Å². The molecule has 1 fully saturated rings. The normalized spacial score (nSPS) is 21.2. The summed E-state index contributed by atoms with van der Waals surface area (Å²) in [5.74, 6) is 0.330. The largest absolute Gasteiger partial charge is 0.313 e. The van der Waals surface area contributed by atoms with Gasteiger partial charge in [-0.3, -0.25) is 0 Å². The molecule has 0 saturated carbocycles. The van der Waals surface area contributed by atoms with Gasteiger partial charge >= 0.3 is 0 Å². The fourth-order valence-electron chi connectivity index (χ4n) is 2.28. The summed E-state index contributed by atoms with van der Waals surface area (Å²) < 4.78 is 28.3. The molecule has 0 amide bonds. The van der Waals surface area contributed by atoms with E-state index in [-0.39, 0.29) is 6.04 Å². The van der Waals surface area contributed by atoms with Crippen molar-refractivity contribution < 1.29 is 8.42 Å². The Hall–Kier alpha value is -0.170. The van der Waals surface area contributed by atoms with Crippen LogP contribution in [-0.2, 0) is 10.2 Å². The molecular weight excluding hydrogens is 262 g/mol. The Morgan fingerprint density at radius 2 is 1.89 bits per heavy atom. The van der Waals surface area contributed by atoms with Crippen LogP contribution in [0, 0.1) is 5.92 Å². The number of hydrogen-bond donors (Lipinski definition) is 1. The lowest BCUT2D eigenvalue weighted by atomic mass is 10.2. The molecular formula is C13H29N3O2S. The van der Waals surface area contributed by atoms with E-state index in [4.69, 9.17) is 0 Å². The zero-order valence-corrected chi connectivity index (χ0v) is 13.7. The van der Waals surface area contributed by atoms with Crippen molar-refractivity contribution >= 4 is 10.2 Å². The zero-order valence-electron chi connectivity index (χ0n) is 12.9. The first-order valence-electron chi connectivity index (χ1n) is 7.21. The lowest BCUT2D eigenvalue weighted by Crippen LogP contribution is -2.49. The minimum atomic E-state index is -3.36. The molecule has 6 heteroatoms. The quantitative estimate of drug-likeness (QED) is 0.769. The second-order valence-electron chi connectivity index (χ2n) is 6.12. The van der Waals surface area contributed by atoms with Crippen LogP contribution < -0.4 is 5.32 Å². The third kappa shape index (κ3) is 4.70. The summed E-state index contributed by atoms with van der Waals surface area (Å²) in [6, 6.07) is 0.283. The topological polar surface area (TPSA) is 52.7 Å². The molecule has 1 atom stereocenters. The highest BCUT2D eigenvalue weighted by Crippen LogP contribution is 2.16. The molecule has 0 bridgehead atoms. The zero-order chi connectivity index (χ0) is 14.6.